The maximum atomic E-state index is 13.7. The number of nitrogens with zero attached hydrogens (tertiary/aromatic N) is 1. The summed E-state index contributed by atoms with van der Waals surface area (Å²) in [6.45, 7) is -0.190. The molecule has 11 heteroatoms. The lowest BCUT2D eigenvalue weighted by molar-refractivity contribution is -0.137. The van der Waals surface area contributed by atoms with Crippen LogP contribution in [0.2, 0.25) is 0 Å². The molecule has 1 aliphatic rings. The summed E-state index contributed by atoms with van der Waals surface area (Å²) in [6.07, 6.45) is -4.51. The molecule has 162 valence electrons. The summed E-state index contributed by atoms with van der Waals surface area (Å²) in [4.78, 5) is 11.8. The summed E-state index contributed by atoms with van der Waals surface area (Å²) in [5.74, 6) is -2.78. The number of piperidine rings is 1. The second-order valence-electron chi connectivity index (χ2n) is 6.82. The van der Waals surface area contributed by atoms with Crippen LogP contribution >= 0.6 is 0 Å². The van der Waals surface area contributed by atoms with Crippen LogP contribution in [0.1, 0.15) is 18.4 Å². The number of anilines is 1. The van der Waals surface area contributed by atoms with Gasteiger partial charge in [0.05, 0.1) is 16.1 Å². The minimum atomic E-state index is -4.68. The van der Waals surface area contributed by atoms with Crippen molar-refractivity contribution in [3.63, 3.8) is 0 Å². The maximum absolute atomic E-state index is 13.7. The molecule has 1 fully saturated rings. The Morgan fingerprint density at radius 3 is 2.33 bits per heavy atom. The Balaban J connectivity index is 1.67. The van der Waals surface area contributed by atoms with Gasteiger partial charge in [0, 0.05) is 25.1 Å². The van der Waals surface area contributed by atoms with E-state index in [-0.39, 0.29) is 31.6 Å². The van der Waals surface area contributed by atoms with Crippen molar-refractivity contribution in [2.24, 2.45) is 5.92 Å². The Labute approximate surface area is 169 Å². The molecule has 0 atom stereocenters. The maximum Gasteiger partial charge on any atom is 0.416 e. The molecule has 0 unspecified atom stereocenters. The Hall–Kier alpha value is -2.53. The van der Waals surface area contributed by atoms with Gasteiger partial charge in [-0.15, -0.1) is 0 Å². The van der Waals surface area contributed by atoms with Crippen molar-refractivity contribution in [2.75, 3.05) is 18.4 Å². The summed E-state index contributed by atoms with van der Waals surface area (Å²) < 4.78 is 91.9. The minimum absolute atomic E-state index is 0.0843. The van der Waals surface area contributed by atoms with E-state index < -0.39 is 50.1 Å². The van der Waals surface area contributed by atoms with Gasteiger partial charge in [0.1, 0.15) is 11.6 Å². The Morgan fingerprint density at radius 1 is 1.03 bits per heavy atom. The van der Waals surface area contributed by atoms with Gasteiger partial charge >= 0.3 is 6.18 Å². The standard InChI is InChI=1S/C19H17F5N2O3S/c20-14-4-5-16(21)17(11-14)25-18(27)12-6-8-26(9-7-12)30(28,29)15-3-1-2-13(10-15)19(22,23)24/h1-5,10-12H,6-9H2,(H,25,27). The number of halogens is 5. The van der Waals surface area contributed by atoms with Crippen molar-refractivity contribution >= 4 is 21.6 Å². The molecule has 1 heterocycles. The van der Waals surface area contributed by atoms with E-state index in [1.807, 2.05) is 0 Å². The topological polar surface area (TPSA) is 66.5 Å². The van der Waals surface area contributed by atoms with Crippen molar-refractivity contribution in [1.82, 2.24) is 4.31 Å². The largest absolute Gasteiger partial charge is 0.416 e. The van der Waals surface area contributed by atoms with Gasteiger partial charge in [0.2, 0.25) is 15.9 Å². The molecule has 2 aromatic rings. The van der Waals surface area contributed by atoms with Crippen LogP contribution in [0.25, 0.3) is 0 Å². The van der Waals surface area contributed by atoms with E-state index in [0.717, 1.165) is 40.7 Å². The first-order valence-corrected chi connectivity index (χ1v) is 10.4. The Bertz CT molecular complexity index is 1050. The number of hydrogen-bond donors (Lipinski definition) is 1. The molecule has 0 spiro atoms. The predicted molar refractivity (Wildman–Crippen MR) is 97.9 cm³/mol. The highest BCUT2D eigenvalue weighted by atomic mass is 32.2. The monoisotopic (exact) mass is 448 g/mol. The number of sulfonamides is 1. The van der Waals surface area contributed by atoms with Gasteiger partial charge in [0.25, 0.3) is 0 Å². The molecule has 0 aromatic heterocycles. The van der Waals surface area contributed by atoms with E-state index >= 15 is 0 Å². The molecule has 5 nitrogen and oxygen atoms in total. The molecule has 30 heavy (non-hydrogen) atoms. The number of carbonyl (C=O) groups is 1. The predicted octanol–water partition coefficient (Wildman–Crippen LogP) is 4.02. The first-order valence-electron chi connectivity index (χ1n) is 8.92. The van der Waals surface area contributed by atoms with E-state index in [9.17, 15) is 35.2 Å². The first kappa shape index (κ1) is 22.2. The van der Waals surface area contributed by atoms with Crippen LogP contribution in [0.3, 0.4) is 0 Å². The normalized spacial score (nSPS) is 16.4. The molecule has 1 N–H and O–H groups in total. The number of nitrogens with one attached hydrogen (secondary N) is 1. The van der Waals surface area contributed by atoms with Crippen molar-refractivity contribution in [1.29, 1.82) is 0 Å². The number of amides is 1. The molecule has 0 bridgehead atoms. The van der Waals surface area contributed by atoms with Crippen LogP contribution in [-0.4, -0.2) is 31.7 Å². The van der Waals surface area contributed by atoms with Crippen LogP contribution in [0.5, 0.6) is 0 Å². The Kier molecular flexibility index (Phi) is 6.14. The van der Waals surface area contributed by atoms with E-state index in [1.54, 1.807) is 0 Å². The lowest BCUT2D eigenvalue weighted by Crippen LogP contribution is -2.41. The average Bonchev–Trinajstić information content (AvgIpc) is 2.70. The molecule has 0 saturated carbocycles. The van der Waals surface area contributed by atoms with Gasteiger partial charge in [-0.2, -0.15) is 17.5 Å². The summed E-state index contributed by atoms with van der Waals surface area (Å²) >= 11 is 0. The molecular weight excluding hydrogens is 431 g/mol. The van der Waals surface area contributed by atoms with Crippen molar-refractivity contribution in [3.05, 3.63) is 59.7 Å². The summed E-state index contributed by atoms with van der Waals surface area (Å²) in [6, 6.07) is 6.05. The third kappa shape index (κ3) is 4.78. The van der Waals surface area contributed by atoms with Crippen LogP contribution in [0, 0.1) is 17.6 Å². The van der Waals surface area contributed by atoms with Gasteiger partial charge in [-0.3, -0.25) is 4.79 Å². The number of carbonyl (C=O) groups excluding carboxylic acids is 1. The highest BCUT2D eigenvalue weighted by Crippen LogP contribution is 2.32. The lowest BCUT2D eigenvalue weighted by Gasteiger charge is -2.30. The number of rotatable bonds is 4. The van der Waals surface area contributed by atoms with E-state index in [0.29, 0.717) is 6.07 Å². The molecular formula is C19H17F5N2O3S. The third-order valence-electron chi connectivity index (χ3n) is 4.81. The van der Waals surface area contributed by atoms with Crippen molar-refractivity contribution in [2.45, 2.75) is 23.9 Å². The summed E-state index contributed by atoms with van der Waals surface area (Å²) in [7, 11) is -4.17. The van der Waals surface area contributed by atoms with Gasteiger partial charge in [-0.25, -0.2) is 17.2 Å². The molecule has 2 aromatic carbocycles. The molecule has 0 aliphatic carbocycles. The smallest absolute Gasteiger partial charge is 0.323 e. The van der Waals surface area contributed by atoms with Crippen molar-refractivity contribution < 1.29 is 35.2 Å². The van der Waals surface area contributed by atoms with Gasteiger partial charge in [0.15, 0.2) is 0 Å². The quantitative estimate of drug-likeness (QED) is 0.719. The zero-order valence-electron chi connectivity index (χ0n) is 15.4. The number of hydrogen-bond acceptors (Lipinski definition) is 3. The fourth-order valence-corrected chi connectivity index (χ4v) is 4.68. The van der Waals surface area contributed by atoms with E-state index in [2.05, 4.69) is 5.32 Å². The average molecular weight is 448 g/mol. The molecule has 1 aliphatic heterocycles. The van der Waals surface area contributed by atoms with Crippen LogP contribution in [0.4, 0.5) is 27.6 Å². The van der Waals surface area contributed by atoms with Gasteiger partial charge < -0.3 is 5.32 Å². The highest BCUT2D eigenvalue weighted by Gasteiger charge is 2.35. The SMILES string of the molecule is O=C(Nc1cc(F)ccc1F)C1CCN(S(=O)(=O)c2cccc(C(F)(F)F)c2)CC1. The molecule has 1 saturated heterocycles. The fraction of sp³-hybridized carbons (Fsp3) is 0.316. The highest BCUT2D eigenvalue weighted by molar-refractivity contribution is 7.89. The van der Waals surface area contributed by atoms with Gasteiger partial charge in [-0.05, 0) is 43.2 Å². The third-order valence-corrected chi connectivity index (χ3v) is 6.70. The second-order valence-corrected chi connectivity index (χ2v) is 8.76. The molecule has 3 rings (SSSR count). The molecule has 0 radical (unpaired) electrons. The van der Waals surface area contributed by atoms with Crippen LogP contribution < -0.4 is 5.32 Å². The summed E-state index contributed by atoms with van der Waals surface area (Å²) in [5.41, 5.74) is -1.39. The molecule has 1 amide bonds. The van der Waals surface area contributed by atoms with Crippen LogP contribution in [0.15, 0.2) is 47.4 Å². The van der Waals surface area contributed by atoms with E-state index in [4.69, 9.17) is 0 Å². The van der Waals surface area contributed by atoms with Gasteiger partial charge in [-0.1, -0.05) is 6.07 Å². The zero-order chi connectivity index (χ0) is 22.1. The zero-order valence-corrected chi connectivity index (χ0v) is 16.2. The van der Waals surface area contributed by atoms with Crippen LogP contribution in [-0.2, 0) is 21.0 Å². The number of alkyl halides is 3. The summed E-state index contributed by atoms with van der Waals surface area (Å²) in [5, 5.41) is 2.28. The lowest BCUT2D eigenvalue weighted by atomic mass is 9.97. The number of benzene rings is 2. The Morgan fingerprint density at radius 2 is 1.70 bits per heavy atom. The fourth-order valence-electron chi connectivity index (χ4n) is 3.17. The van der Waals surface area contributed by atoms with E-state index in [1.165, 1.54) is 0 Å². The second kappa shape index (κ2) is 8.31. The first-order chi connectivity index (χ1) is 14.0. The minimum Gasteiger partial charge on any atom is -0.323 e. The van der Waals surface area contributed by atoms with Crippen molar-refractivity contribution in [3.8, 4) is 0 Å².